The number of carbonyl (C=O) groups excluding carboxylic acids is 1. The predicted octanol–water partition coefficient (Wildman–Crippen LogP) is 3.03. The number of carbonyl (C=O) groups is 1. The van der Waals surface area contributed by atoms with E-state index in [1.54, 1.807) is 0 Å². The highest BCUT2D eigenvalue weighted by Gasteiger charge is 2.04. The molecule has 1 rings (SSSR count). The Morgan fingerprint density at radius 1 is 1.20 bits per heavy atom. The van der Waals surface area contributed by atoms with E-state index in [2.05, 4.69) is 28.9 Å². The second-order valence-electron chi connectivity index (χ2n) is 4.84. The molecule has 4 heteroatoms. The minimum absolute atomic E-state index is 0.0726. The zero-order valence-corrected chi connectivity index (χ0v) is 12.7. The Morgan fingerprint density at radius 3 is 2.60 bits per heavy atom. The van der Waals surface area contributed by atoms with E-state index in [9.17, 15) is 4.79 Å². The van der Waals surface area contributed by atoms with Gasteiger partial charge in [-0.3, -0.25) is 14.7 Å². The lowest BCUT2D eigenvalue weighted by Gasteiger charge is -2.20. The maximum absolute atomic E-state index is 11.2. The molecule has 0 aromatic carbocycles. The number of pyridine rings is 1. The van der Waals surface area contributed by atoms with Crippen molar-refractivity contribution in [2.75, 3.05) is 19.7 Å². The molecule has 1 heterocycles. The molecule has 1 aromatic heterocycles. The number of nitrogens with zero attached hydrogens (tertiary/aromatic N) is 2. The summed E-state index contributed by atoms with van der Waals surface area (Å²) >= 11 is 0. The number of esters is 1. The summed E-state index contributed by atoms with van der Waals surface area (Å²) < 4.78 is 4.91. The number of hydrogen-bond donors (Lipinski definition) is 0. The third-order valence-corrected chi connectivity index (χ3v) is 3.26. The summed E-state index contributed by atoms with van der Waals surface area (Å²) in [5.41, 5.74) is 1.30. The molecule has 0 N–H and O–H groups in total. The molecule has 4 nitrogen and oxygen atoms in total. The third kappa shape index (κ3) is 7.24. The highest BCUT2D eigenvalue weighted by atomic mass is 16.5. The number of aromatic nitrogens is 1. The molecule has 112 valence electrons. The first-order chi connectivity index (χ1) is 9.76. The third-order valence-electron chi connectivity index (χ3n) is 3.26. The fraction of sp³-hybridized carbons (Fsp3) is 0.625. The van der Waals surface area contributed by atoms with E-state index in [1.807, 2.05) is 19.3 Å². The quantitative estimate of drug-likeness (QED) is 0.487. The molecule has 0 radical (unpaired) electrons. The number of hydrogen-bond acceptors (Lipinski definition) is 4. The summed E-state index contributed by atoms with van der Waals surface area (Å²) in [6.07, 6.45) is 7.34. The molecule has 0 fully saturated rings. The molecule has 0 spiro atoms. The second kappa shape index (κ2) is 10.4. The summed E-state index contributed by atoms with van der Waals surface area (Å²) in [7, 11) is 0. The average Bonchev–Trinajstić information content (AvgIpc) is 2.47. The molecule has 20 heavy (non-hydrogen) atoms. The van der Waals surface area contributed by atoms with Gasteiger partial charge in [0.25, 0.3) is 0 Å². The zero-order valence-electron chi connectivity index (χ0n) is 12.7. The molecule has 0 amide bonds. The van der Waals surface area contributed by atoms with Gasteiger partial charge in [-0.1, -0.05) is 13.3 Å². The zero-order chi connectivity index (χ0) is 14.6. The molecule has 0 aliphatic heterocycles. The van der Waals surface area contributed by atoms with Gasteiger partial charge >= 0.3 is 5.97 Å². The van der Waals surface area contributed by atoms with Crippen LogP contribution in [0.25, 0.3) is 0 Å². The molecule has 0 aliphatic rings. The van der Waals surface area contributed by atoms with E-state index in [0.29, 0.717) is 13.0 Å². The lowest BCUT2D eigenvalue weighted by molar-refractivity contribution is -0.143. The molecule has 0 atom stereocenters. The van der Waals surface area contributed by atoms with Crippen LogP contribution in [0, 0.1) is 0 Å². The minimum Gasteiger partial charge on any atom is -0.466 e. The molecule has 0 aliphatic carbocycles. The van der Waals surface area contributed by atoms with E-state index in [4.69, 9.17) is 4.74 Å². The van der Waals surface area contributed by atoms with E-state index >= 15 is 0 Å². The van der Waals surface area contributed by atoms with Crippen molar-refractivity contribution in [3.05, 3.63) is 30.1 Å². The fourth-order valence-electron chi connectivity index (χ4n) is 2.11. The van der Waals surface area contributed by atoms with Crippen LogP contribution >= 0.6 is 0 Å². The fourth-order valence-corrected chi connectivity index (χ4v) is 2.11. The van der Waals surface area contributed by atoms with Crippen LogP contribution in [0.1, 0.15) is 45.1 Å². The van der Waals surface area contributed by atoms with Crippen molar-refractivity contribution >= 4 is 5.97 Å². The molecule has 0 saturated carbocycles. The van der Waals surface area contributed by atoms with E-state index in [0.717, 1.165) is 38.9 Å². The number of rotatable bonds is 10. The number of ether oxygens (including phenoxy) is 1. The Labute approximate surface area is 122 Å². The van der Waals surface area contributed by atoms with Crippen LogP contribution in [-0.2, 0) is 16.1 Å². The second-order valence-corrected chi connectivity index (χ2v) is 4.84. The molecular weight excluding hydrogens is 252 g/mol. The van der Waals surface area contributed by atoms with E-state index in [1.165, 1.54) is 5.56 Å². The van der Waals surface area contributed by atoms with Crippen LogP contribution in [0.3, 0.4) is 0 Å². The smallest absolute Gasteiger partial charge is 0.305 e. The van der Waals surface area contributed by atoms with Crippen LogP contribution in [0.15, 0.2) is 24.5 Å². The van der Waals surface area contributed by atoms with Crippen LogP contribution < -0.4 is 0 Å². The van der Waals surface area contributed by atoms with Gasteiger partial charge in [-0.15, -0.1) is 0 Å². The molecule has 0 bridgehead atoms. The first kappa shape index (κ1) is 16.6. The van der Waals surface area contributed by atoms with Gasteiger partial charge < -0.3 is 4.74 Å². The van der Waals surface area contributed by atoms with Gasteiger partial charge in [0, 0.05) is 25.4 Å². The normalized spacial score (nSPS) is 10.8. The lowest BCUT2D eigenvalue weighted by Crippen LogP contribution is -2.24. The maximum atomic E-state index is 11.2. The molecule has 0 saturated heterocycles. The van der Waals surface area contributed by atoms with Crippen LogP contribution in [0.4, 0.5) is 0 Å². The first-order valence-corrected chi connectivity index (χ1v) is 7.53. The van der Waals surface area contributed by atoms with Crippen molar-refractivity contribution in [1.29, 1.82) is 0 Å². The summed E-state index contributed by atoms with van der Waals surface area (Å²) in [6.45, 7) is 7.59. The summed E-state index contributed by atoms with van der Waals surface area (Å²) in [6, 6.07) is 4.12. The Bertz CT molecular complexity index is 368. The predicted molar refractivity (Wildman–Crippen MR) is 80.3 cm³/mol. The molecular formula is C16H26N2O2. The summed E-state index contributed by atoms with van der Waals surface area (Å²) in [5.74, 6) is -0.0726. The van der Waals surface area contributed by atoms with Gasteiger partial charge in [0.2, 0.25) is 0 Å². The highest BCUT2D eigenvalue weighted by Crippen LogP contribution is 2.07. The standard InChI is InChI=1S/C16H26N2O2/c1-3-18(14-15-9-11-17-12-10-15)13-7-5-6-8-16(19)20-4-2/h9-12H,3-8,13-14H2,1-2H3. The van der Waals surface area contributed by atoms with Gasteiger partial charge in [0.15, 0.2) is 0 Å². The van der Waals surface area contributed by atoms with Crippen LogP contribution in [0.5, 0.6) is 0 Å². The van der Waals surface area contributed by atoms with Gasteiger partial charge in [-0.25, -0.2) is 0 Å². The Kier molecular flexibility index (Phi) is 8.63. The highest BCUT2D eigenvalue weighted by molar-refractivity contribution is 5.69. The van der Waals surface area contributed by atoms with E-state index in [-0.39, 0.29) is 5.97 Å². The molecule has 1 aromatic rings. The average molecular weight is 278 g/mol. The van der Waals surface area contributed by atoms with Crippen LogP contribution in [0.2, 0.25) is 0 Å². The van der Waals surface area contributed by atoms with Crippen molar-refractivity contribution < 1.29 is 9.53 Å². The van der Waals surface area contributed by atoms with Crippen molar-refractivity contribution in [3.63, 3.8) is 0 Å². The lowest BCUT2D eigenvalue weighted by atomic mass is 10.1. The van der Waals surface area contributed by atoms with Gasteiger partial charge in [-0.2, -0.15) is 0 Å². The van der Waals surface area contributed by atoms with E-state index < -0.39 is 0 Å². The van der Waals surface area contributed by atoms with Crippen LogP contribution in [-0.4, -0.2) is 35.5 Å². The van der Waals surface area contributed by atoms with Crippen molar-refractivity contribution in [2.24, 2.45) is 0 Å². The van der Waals surface area contributed by atoms with Gasteiger partial charge in [0.1, 0.15) is 0 Å². The van der Waals surface area contributed by atoms with Crippen molar-refractivity contribution in [3.8, 4) is 0 Å². The van der Waals surface area contributed by atoms with Crippen molar-refractivity contribution in [1.82, 2.24) is 9.88 Å². The van der Waals surface area contributed by atoms with Crippen molar-refractivity contribution in [2.45, 2.75) is 46.1 Å². The minimum atomic E-state index is -0.0726. The Hall–Kier alpha value is -1.42. The monoisotopic (exact) mass is 278 g/mol. The largest absolute Gasteiger partial charge is 0.466 e. The molecule has 0 unspecified atom stereocenters. The summed E-state index contributed by atoms with van der Waals surface area (Å²) in [4.78, 5) is 17.6. The SMILES string of the molecule is CCOC(=O)CCCCCN(CC)Cc1ccncc1. The van der Waals surface area contributed by atoms with Gasteiger partial charge in [-0.05, 0) is 50.6 Å². The maximum Gasteiger partial charge on any atom is 0.305 e. The Balaban J connectivity index is 2.14. The number of unbranched alkanes of at least 4 members (excludes halogenated alkanes) is 2. The summed E-state index contributed by atoms with van der Waals surface area (Å²) in [5, 5.41) is 0. The van der Waals surface area contributed by atoms with Gasteiger partial charge in [0.05, 0.1) is 6.61 Å². The first-order valence-electron chi connectivity index (χ1n) is 7.53. The topological polar surface area (TPSA) is 42.4 Å². The Morgan fingerprint density at radius 2 is 1.95 bits per heavy atom.